The number of aromatic amines is 1. The van der Waals surface area contributed by atoms with Gasteiger partial charge in [-0.1, -0.05) is 30.3 Å². The van der Waals surface area contributed by atoms with E-state index in [-0.39, 0.29) is 5.91 Å². The summed E-state index contributed by atoms with van der Waals surface area (Å²) in [7, 11) is 1.63. The maximum atomic E-state index is 12.4. The number of amides is 1. The van der Waals surface area contributed by atoms with E-state index in [1.54, 1.807) is 13.2 Å². The third-order valence-electron chi connectivity index (χ3n) is 5.05. The average molecular weight is 388 g/mol. The quantitative estimate of drug-likeness (QED) is 0.467. The molecule has 29 heavy (non-hydrogen) atoms. The van der Waals surface area contributed by atoms with Crippen LogP contribution in [0.15, 0.2) is 60.7 Å². The van der Waals surface area contributed by atoms with Crippen LogP contribution in [0.4, 0.5) is 0 Å². The summed E-state index contributed by atoms with van der Waals surface area (Å²) in [6.45, 7) is 3.57. The fraction of sp³-hybridized carbons (Fsp3) is 0.217. The van der Waals surface area contributed by atoms with E-state index < -0.39 is 0 Å². The Hall–Kier alpha value is -3.54. The number of rotatable bonds is 7. The Kier molecular flexibility index (Phi) is 5.33. The number of H-pyrrole nitrogens is 1. The van der Waals surface area contributed by atoms with Crippen molar-refractivity contribution >= 4 is 16.8 Å². The molecule has 0 saturated heterocycles. The highest BCUT2D eigenvalue weighted by Crippen LogP contribution is 2.22. The van der Waals surface area contributed by atoms with Gasteiger partial charge in [0.15, 0.2) is 0 Å². The Balaban J connectivity index is 1.34. The first-order chi connectivity index (χ1) is 14.2. The zero-order chi connectivity index (χ0) is 20.2. The van der Waals surface area contributed by atoms with E-state index in [0.717, 1.165) is 24.3 Å². The van der Waals surface area contributed by atoms with E-state index in [4.69, 9.17) is 4.74 Å². The second-order valence-corrected chi connectivity index (χ2v) is 7.00. The van der Waals surface area contributed by atoms with Crippen molar-refractivity contribution in [1.82, 2.24) is 20.1 Å². The van der Waals surface area contributed by atoms with Gasteiger partial charge in [0.2, 0.25) is 0 Å². The number of nitrogens with zero attached hydrogens (tertiary/aromatic N) is 2. The van der Waals surface area contributed by atoms with Crippen LogP contribution in [0.1, 0.15) is 22.6 Å². The summed E-state index contributed by atoms with van der Waals surface area (Å²) in [6.07, 6.45) is 0.849. The summed E-state index contributed by atoms with van der Waals surface area (Å²) in [4.78, 5) is 12.4. The molecule has 0 aliphatic carbocycles. The largest absolute Gasteiger partial charge is 0.497 e. The summed E-state index contributed by atoms with van der Waals surface area (Å²) < 4.78 is 7.53. The van der Waals surface area contributed by atoms with Crippen molar-refractivity contribution in [3.63, 3.8) is 0 Å². The van der Waals surface area contributed by atoms with Gasteiger partial charge in [0.05, 0.1) is 12.8 Å². The third kappa shape index (κ3) is 4.01. The Morgan fingerprint density at radius 2 is 2.00 bits per heavy atom. The van der Waals surface area contributed by atoms with Gasteiger partial charge >= 0.3 is 0 Å². The van der Waals surface area contributed by atoms with E-state index in [0.29, 0.717) is 17.9 Å². The molecule has 0 bridgehead atoms. The molecule has 0 spiro atoms. The number of methoxy groups -OCH3 is 1. The molecule has 0 aliphatic heterocycles. The van der Waals surface area contributed by atoms with Crippen LogP contribution in [0.25, 0.3) is 22.2 Å². The standard InChI is InChI=1S/C23H24N4O2/c1-16-13-18-7-3-4-10-22(18)27(16)12-6-11-24-23(28)21-15-20(25-26-21)17-8-5-9-19(14-17)29-2/h3-5,7-10,13-15H,6,11-12H2,1-2H3,(H,24,28)(H,25,26). The van der Waals surface area contributed by atoms with Crippen molar-refractivity contribution in [3.05, 3.63) is 72.1 Å². The van der Waals surface area contributed by atoms with E-state index in [9.17, 15) is 4.79 Å². The molecule has 0 radical (unpaired) electrons. The van der Waals surface area contributed by atoms with Crippen LogP contribution in [0.2, 0.25) is 0 Å². The van der Waals surface area contributed by atoms with Crippen LogP contribution >= 0.6 is 0 Å². The Morgan fingerprint density at radius 1 is 1.14 bits per heavy atom. The highest BCUT2D eigenvalue weighted by atomic mass is 16.5. The number of aromatic nitrogens is 3. The third-order valence-corrected chi connectivity index (χ3v) is 5.05. The molecule has 0 saturated carbocycles. The van der Waals surface area contributed by atoms with Crippen LogP contribution in [-0.2, 0) is 6.54 Å². The highest BCUT2D eigenvalue weighted by Gasteiger charge is 2.11. The number of para-hydroxylation sites is 1. The average Bonchev–Trinajstić information content (AvgIpc) is 3.36. The minimum absolute atomic E-state index is 0.152. The molecule has 0 fully saturated rings. The van der Waals surface area contributed by atoms with Crippen LogP contribution in [-0.4, -0.2) is 34.3 Å². The zero-order valence-electron chi connectivity index (χ0n) is 16.6. The molecule has 2 heterocycles. The molecule has 0 aliphatic rings. The van der Waals surface area contributed by atoms with Crippen molar-refractivity contribution in [3.8, 4) is 17.0 Å². The molecular weight excluding hydrogens is 364 g/mol. The molecule has 1 amide bonds. The summed E-state index contributed by atoms with van der Waals surface area (Å²) in [5.74, 6) is 0.602. The van der Waals surface area contributed by atoms with Gasteiger partial charge in [-0.3, -0.25) is 9.89 Å². The van der Waals surface area contributed by atoms with Gasteiger partial charge in [0.1, 0.15) is 11.4 Å². The minimum Gasteiger partial charge on any atom is -0.497 e. The number of nitrogens with one attached hydrogen (secondary N) is 2. The van der Waals surface area contributed by atoms with Crippen LogP contribution in [0, 0.1) is 6.92 Å². The van der Waals surface area contributed by atoms with E-state index in [2.05, 4.69) is 57.3 Å². The lowest BCUT2D eigenvalue weighted by atomic mass is 10.1. The number of hydrogen-bond acceptors (Lipinski definition) is 3. The lowest BCUT2D eigenvalue weighted by Crippen LogP contribution is -2.25. The number of ether oxygens (including phenoxy) is 1. The summed E-state index contributed by atoms with van der Waals surface area (Å²) in [5, 5.41) is 11.3. The zero-order valence-corrected chi connectivity index (χ0v) is 16.6. The molecule has 6 heteroatoms. The van der Waals surface area contributed by atoms with Crippen LogP contribution < -0.4 is 10.1 Å². The number of carbonyl (C=O) groups excluding carboxylic acids is 1. The molecule has 6 nitrogen and oxygen atoms in total. The number of aryl methyl sites for hydroxylation is 2. The van der Waals surface area contributed by atoms with Gasteiger partial charge < -0.3 is 14.6 Å². The fourth-order valence-electron chi connectivity index (χ4n) is 3.55. The first kappa shape index (κ1) is 18.8. The maximum Gasteiger partial charge on any atom is 0.269 e. The van der Waals surface area contributed by atoms with Gasteiger partial charge in [-0.2, -0.15) is 5.10 Å². The van der Waals surface area contributed by atoms with Crippen LogP contribution in [0.3, 0.4) is 0 Å². The molecule has 0 unspecified atom stereocenters. The van der Waals surface area contributed by atoms with E-state index in [1.807, 2.05) is 24.3 Å². The normalized spacial score (nSPS) is 11.0. The molecule has 0 atom stereocenters. The van der Waals surface area contributed by atoms with Gasteiger partial charge in [-0.05, 0) is 49.1 Å². The highest BCUT2D eigenvalue weighted by molar-refractivity contribution is 5.93. The van der Waals surface area contributed by atoms with Crippen molar-refractivity contribution in [2.24, 2.45) is 0 Å². The van der Waals surface area contributed by atoms with Gasteiger partial charge in [-0.15, -0.1) is 0 Å². The molecule has 2 aromatic heterocycles. The summed E-state index contributed by atoms with van der Waals surface area (Å²) >= 11 is 0. The van der Waals surface area contributed by atoms with Gasteiger partial charge in [0.25, 0.3) is 5.91 Å². The molecule has 2 N–H and O–H groups in total. The predicted octanol–water partition coefficient (Wildman–Crippen LogP) is 4.17. The minimum atomic E-state index is -0.152. The fourth-order valence-corrected chi connectivity index (χ4v) is 3.55. The van der Waals surface area contributed by atoms with Gasteiger partial charge in [0, 0.05) is 29.9 Å². The summed E-state index contributed by atoms with van der Waals surface area (Å²) in [5.41, 5.74) is 4.52. The number of hydrogen-bond donors (Lipinski definition) is 2. The Labute approximate surface area is 169 Å². The lowest BCUT2D eigenvalue weighted by Gasteiger charge is -2.09. The lowest BCUT2D eigenvalue weighted by molar-refractivity contribution is 0.0948. The first-order valence-corrected chi connectivity index (χ1v) is 9.68. The Bertz CT molecular complexity index is 1140. The van der Waals surface area contributed by atoms with E-state index in [1.165, 1.54) is 16.6 Å². The Morgan fingerprint density at radius 3 is 2.86 bits per heavy atom. The predicted molar refractivity (Wildman–Crippen MR) is 114 cm³/mol. The second kappa shape index (κ2) is 8.22. The molecule has 4 aromatic rings. The van der Waals surface area contributed by atoms with Crippen molar-refractivity contribution in [2.75, 3.05) is 13.7 Å². The van der Waals surface area contributed by atoms with E-state index >= 15 is 0 Å². The van der Waals surface area contributed by atoms with Crippen LogP contribution in [0.5, 0.6) is 5.75 Å². The second-order valence-electron chi connectivity index (χ2n) is 7.00. The van der Waals surface area contributed by atoms with Gasteiger partial charge in [-0.25, -0.2) is 0 Å². The molecule has 2 aromatic carbocycles. The monoisotopic (exact) mass is 388 g/mol. The number of carbonyl (C=O) groups is 1. The number of fused-ring (bicyclic) bond motifs is 1. The topological polar surface area (TPSA) is 71.9 Å². The molecule has 4 rings (SSSR count). The smallest absolute Gasteiger partial charge is 0.269 e. The van der Waals surface area contributed by atoms with Crippen molar-refractivity contribution in [2.45, 2.75) is 19.9 Å². The SMILES string of the molecule is COc1cccc(-c2cc(C(=O)NCCCn3c(C)cc4ccccc43)[nH]n2)c1. The molecule has 148 valence electrons. The summed E-state index contributed by atoms with van der Waals surface area (Å²) in [6, 6.07) is 19.9. The maximum absolute atomic E-state index is 12.4. The van der Waals surface area contributed by atoms with Crippen molar-refractivity contribution in [1.29, 1.82) is 0 Å². The van der Waals surface area contributed by atoms with Crippen molar-refractivity contribution < 1.29 is 9.53 Å². The first-order valence-electron chi connectivity index (χ1n) is 9.68. The number of benzene rings is 2. The molecular formula is C23H24N4O2.